The molecule has 142 valence electrons. The Balaban J connectivity index is 1.51. The summed E-state index contributed by atoms with van der Waals surface area (Å²) in [5.41, 5.74) is 6.63. The van der Waals surface area contributed by atoms with E-state index >= 15 is 0 Å². The summed E-state index contributed by atoms with van der Waals surface area (Å²) in [6.07, 6.45) is 5.33. The molecule has 5 heteroatoms. The van der Waals surface area contributed by atoms with Gasteiger partial charge in [-0.15, -0.1) is 0 Å². The third-order valence-corrected chi connectivity index (χ3v) is 6.53. The molecule has 0 spiro atoms. The van der Waals surface area contributed by atoms with E-state index < -0.39 is 0 Å². The number of nitrogens with zero attached hydrogens (tertiary/aromatic N) is 1. The van der Waals surface area contributed by atoms with Crippen molar-refractivity contribution in [3.63, 3.8) is 0 Å². The topological polar surface area (TPSA) is 47.1 Å². The summed E-state index contributed by atoms with van der Waals surface area (Å²) < 4.78 is 11.2. The number of aromatic amines is 1. The molecule has 1 N–H and O–H groups in total. The number of nitrogens with one attached hydrogen (secondary N) is 1. The van der Waals surface area contributed by atoms with Gasteiger partial charge < -0.3 is 9.47 Å². The van der Waals surface area contributed by atoms with Gasteiger partial charge in [0.15, 0.2) is 11.5 Å². The highest BCUT2D eigenvalue weighted by molar-refractivity contribution is 7.08. The average molecular weight is 398 g/mol. The molecule has 29 heavy (non-hydrogen) atoms. The molecule has 4 aromatic rings. The van der Waals surface area contributed by atoms with Crippen LogP contribution in [0.1, 0.15) is 22.4 Å². The van der Waals surface area contributed by atoms with Crippen LogP contribution >= 0.6 is 11.3 Å². The van der Waals surface area contributed by atoms with Gasteiger partial charge in [0, 0.05) is 34.0 Å². The first-order chi connectivity index (χ1) is 14.3. The van der Waals surface area contributed by atoms with E-state index in [-0.39, 0.29) is 12.2 Å². The van der Waals surface area contributed by atoms with Crippen molar-refractivity contribution >= 4 is 17.4 Å². The van der Waals surface area contributed by atoms with Gasteiger partial charge in [0.25, 0.3) is 0 Å². The van der Waals surface area contributed by atoms with Crippen LogP contribution in [0, 0.1) is 0 Å². The number of ether oxygens (including phenoxy) is 2. The van der Waals surface area contributed by atoms with Gasteiger partial charge in [-0.3, -0.25) is 5.10 Å². The van der Waals surface area contributed by atoms with Crippen LogP contribution in [0.3, 0.4) is 0 Å². The molecule has 3 heterocycles. The van der Waals surface area contributed by atoms with Crippen molar-refractivity contribution in [2.24, 2.45) is 0 Å². The van der Waals surface area contributed by atoms with Gasteiger partial charge in [-0.1, -0.05) is 48.6 Å². The van der Waals surface area contributed by atoms with E-state index in [4.69, 9.17) is 9.47 Å². The predicted octanol–water partition coefficient (Wildman–Crippen LogP) is 5.42. The van der Waals surface area contributed by atoms with Crippen molar-refractivity contribution < 1.29 is 9.47 Å². The number of aromatic nitrogens is 2. The maximum Gasteiger partial charge on any atom is 0.231 e. The van der Waals surface area contributed by atoms with Crippen LogP contribution in [-0.4, -0.2) is 17.0 Å². The summed E-state index contributed by atoms with van der Waals surface area (Å²) in [5.74, 6) is 1.61. The van der Waals surface area contributed by atoms with Crippen LogP contribution in [0.4, 0.5) is 0 Å². The molecule has 1 aliphatic heterocycles. The van der Waals surface area contributed by atoms with Gasteiger partial charge in [-0.2, -0.15) is 16.4 Å². The first-order valence-corrected chi connectivity index (χ1v) is 10.5. The summed E-state index contributed by atoms with van der Waals surface area (Å²) in [6, 6.07) is 19.0. The van der Waals surface area contributed by atoms with Crippen molar-refractivity contribution in [1.29, 1.82) is 0 Å². The molecule has 2 aromatic carbocycles. The molecule has 6 rings (SSSR count). The number of fused-ring (bicyclic) bond motifs is 2. The summed E-state index contributed by atoms with van der Waals surface area (Å²) in [6.45, 7) is 0.279. The van der Waals surface area contributed by atoms with Crippen LogP contribution < -0.4 is 9.47 Å². The van der Waals surface area contributed by atoms with Crippen molar-refractivity contribution in [2.75, 3.05) is 6.79 Å². The molecule has 0 radical (unpaired) electrons. The summed E-state index contributed by atoms with van der Waals surface area (Å²) >= 11 is 1.69. The van der Waals surface area contributed by atoms with Gasteiger partial charge in [0.05, 0.1) is 0 Å². The zero-order valence-corrected chi connectivity index (χ0v) is 16.4. The fourth-order valence-electron chi connectivity index (χ4n) is 4.36. The molecule has 0 saturated carbocycles. The maximum absolute atomic E-state index is 5.67. The quantitative estimate of drug-likeness (QED) is 0.501. The van der Waals surface area contributed by atoms with Crippen molar-refractivity contribution in [1.82, 2.24) is 10.2 Å². The third-order valence-electron chi connectivity index (χ3n) is 5.84. The third kappa shape index (κ3) is 2.54. The Morgan fingerprint density at radius 3 is 2.72 bits per heavy atom. The molecule has 2 aliphatic rings. The lowest BCUT2D eigenvalue weighted by atomic mass is 9.68. The number of hydrogen-bond acceptors (Lipinski definition) is 4. The lowest BCUT2D eigenvalue weighted by molar-refractivity contribution is 0.174. The SMILES string of the molecule is C1=CC(c2ccccc2)(c2ccc3c(c2)OCO3)Cc2[nH]nc(-c3ccsc3)c21. The second kappa shape index (κ2) is 6.36. The van der Waals surface area contributed by atoms with Gasteiger partial charge in [0.2, 0.25) is 6.79 Å². The monoisotopic (exact) mass is 398 g/mol. The summed E-state index contributed by atoms with van der Waals surface area (Å²) in [7, 11) is 0. The first-order valence-electron chi connectivity index (χ1n) is 9.58. The molecule has 4 nitrogen and oxygen atoms in total. The molecule has 2 aromatic heterocycles. The zero-order chi connectivity index (χ0) is 19.3. The number of benzene rings is 2. The zero-order valence-electron chi connectivity index (χ0n) is 15.6. The molecule has 0 amide bonds. The molecule has 1 atom stereocenters. The molecule has 1 unspecified atom stereocenters. The minimum absolute atomic E-state index is 0.279. The second-order valence-electron chi connectivity index (χ2n) is 7.39. The van der Waals surface area contributed by atoms with Crippen LogP contribution in [0.2, 0.25) is 0 Å². The van der Waals surface area contributed by atoms with Gasteiger partial charge in [-0.05, 0) is 34.7 Å². The molecule has 0 bridgehead atoms. The van der Waals surface area contributed by atoms with Gasteiger partial charge in [-0.25, -0.2) is 0 Å². The van der Waals surface area contributed by atoms with Crippen LogP contribution in [0.5, 0.6) is 11.5 Å². The Kier molecular flexibility index (Phi) is 3.64. The van der Waals surface area contributed by atoms with Crippen LogP contribution in [0.15, 0.2) is 71.4 Å². The molecule has 0 saturated heterocycles. The van der Waals surface area contributed by atoms with E-state index in [1.165, 1.54) is 16.7 Å². The van der Waals surface area contributed by atoms with Gasteiger partial charge in [0.1, 0.15) is 5.69 Å². The minimum Gasteiger partial charge on any atom is -0.454 e. The van der Waals surface area contributed by atoms with E-state index in [9.17, 15) is 0 Å². The normalized spacial score (nSPS) is 19.3. The number of thiophene rings is 1. The Bertz CT molecular complexity index is 1210. The Morgan fingerprint density at radius 1 is 0.966 bits per heavy atom. The Labute approximate surface area is 172 Å². The largest absolute Gasteiger partial charge is 0.454 e. The maximum atomic E-state index is 5.67. The highest BCUT2D eigenvalue weighted by atomic mass is 32.1. The molecule has 0 fully saturated rings. The second-order valence-corrected chi connectivity index (χ2v) is 8.17. The fraction of sp³-hybridized carbons (Fsp3) is 0.125. The standard InChI is InChI=1S/C24H18N2O2S/c1-2-4-17(5-3-1)24(18-6-7-21-22(12-18)28-15-27-21)10-8-19-20(13-24)25-26-23(19)16-9-11-29-14-16/h1-12,14H,13,15H2,(H,25,26). The molecule has 1 aliphatic carbocycles. The fourth-order valence-corrected chi connectivity index (χ4v) is 5.00. The van der Waals surface area contributed by atoms with E-state index in [1.54, 1.807) is 11.3 Å². The van der Waals surface area contributed by atoms with E-state index in [2.05, 4.69) is 81.6 Å². The highest BCUT2D eigenvalue weighted by Crippen LogP contribution is 2.45. The smallest absolute Gasteiger partial charge is 0.231 e. The Hall–Kier alpha value is -3.31. The first kappa shape index (κ1) is 16.6. The van der Waals surface area contributed by atoms with Crippen LogP contribution in [-0.2, 0) is 11.8 Å². The number of hydrogen-bond donors (Lipinski definition) is 1. The van der Waals surface area contributed by atoms with Crippen molar-refractivity contribution in [2.45, 2.75) is 11.8 Å². The van der Waals surface area contributed by atoms with E-state index in [0.717, 1.165) is 34.9 Å². The van der Waals surface area contributed by atoms with Gasteiger partial charge >= 0.3 is 0 Å². The number of H-pyrrole nitrogens is 1. The van der Waals surface area contributed by atoms with E-state index in [1.807, 2.05) is 6.07 Å². The lowest BCUT2D eigenvalue weighted by Gasteiger charge is -2.34. The molecular formula is C24H18N2O2S. The summed E-state index contributed by atoms with van der Waals surface area (Å²) in [5, 5.41) is 12.2. The number of rotatable bonds is 3. The molecular weight excluding hydrogens is 380 g/mol. The minimum atomic E-state index is -0.298. The summed E-state index contributed by atoms with van der Waals surface area (Å²) in [4.78, 5) is 0. The van der Waals surface area contributed by atoms with Crippen LogP contribution in [0.25, 0.3) is 17.3 Å². The van der Waals surface area contributed by atoms with E-state index in [0.29, 0.717) is 0 Å². The number of allylic oxidation sites excluding steroid dienone is 1. The highest BCUT2D eigenvalue weighted by Gasteiger charge is 2.37. The average Bonchev–Trinajstić information content (AvgIpc) is 3.53. The van der Waals surface area contributed by atoms with Crippen molar-refractivity contribution in [3.05, 3.63) is 93.8 Å². The predicted molar refractivity (Wildman–Crippen MR) is 114 cm³/mol. The van der Waals surface area contributed by atoms with Crippen molar-refractivity contribution in [3.8, 4) is 22.8 Å². The Morgan fingerprint density at radius 2 is 1.86 bits per heavy atom. The lowest BCUT2D eigenvalue weighted by Crippen LogP contribution is -2.30.